The van der Waals surface area contributed by atoms with Gasteiger partial charge in [0.15, 0.2) is 0 Å². The highest BCUT2D eigenvalue weighted by atomic mass is 16.5. The molecule has 1 aliphatic rings. The number of hydrogen-bond donors (Lipinski definition) is 2. The number of amides is 1. The average molecular weight is 276 g/mol. The Hall–Kier alpha value is -1.55. The first-order chi connectivity index (χ1) is 9.70. The van der Waals surface area contributed by atoms with Crippen LogP contribution in [0, 0.1) is 0 Å². The van der Waals surface area contributed by atoms with Gasteiger partial charge in [-0.05, 0) is 50.9 Å². The van der Waals surface area contributed by atoms with Crippen LogP contribution in [0.15, 0.2) is 24.3 Å². The number of piperidine rings is 1. The third-order valence-electron chi connectivity index (χ3n) is 3.65. The Morgan fingerprint density at radius 3 is 3.05 bits per heavy atom. The van der Waals surface area contributed by atoms with Crippen molar-refractivity contribution >= 4 is 5.91 Å². The Bertz CT molecular complexity index is 442. The van der Waals surface area contributed by atoms with E-state index in [4.69, 9.17) is 4.74 Å². The van der Waals surface area contributed by atoms with Crippen LogP contribution in [-0.4, -0.2) is 25.1 Å². The number of carbonyl (C=O) groups is 1. The van der Waals surface area contributed by atoms with Crippen molar-refractivity contribution in [3.63, 3.8) is 0 Å². The topological polar surface area (TPSA) is 50.4 Å². The molecule has 0 aromatic heterocycles. The summed E-state index contributed by atoms with van der Waals surface area (Å²) in [6, 6.07) is 7.85. The molecule has 1 saturated heterocycles. The Labute approximate surface area is 120 Å². The van der Waals surface area contributed by atoms with Crippen LogP contribution >= 0.6 is 0 Å². The fraction of sp³-hybridized carbons (Fsp3) is 0.562. The van der Waals surface area contributed by atoms with Crippen LogP contribution in [0.1, 0.15) is 44.7 Å². The second-order valence-corrected chi connectivity index (χ2v) is 5.24. The van der Waals surface area contributed by atoms with Crippen molar-refractivity contribution < 1.29 is 9.53 Å². The SMILES string of the molecule is CCOc1cccc(C(C)NC(=O)C2CCCCN2)c1. The van der Waals surface area contributed by atoms with Gasteiger partial charge in [0, 0.05) is 0 Å². The summed E-state index contributed by atoms with van der Waals surface area (Å²) in [5.41, 5.74) is 1.07. The van der Waals surface area contributed by atoms with Gasteiger partial charge in [-0.3, -0.25) is 4.79 Å². The molecule has 20 heavy (non-hydrogen) atoms. The van der Waals surface area contributed by atoms with E-state index in [2.05, 4.69) is 10.6 Å². The molecule has 1 heterocycles. The van der Waals surface area contributed by atoms with Gasteiger partial charge in [-0.25, -0.2) is 0 Å². The van der Waals surface area contributed by atoms with Gasteiger partial charge in [0.2, 0.25) is 5.91 Å². The number of nitrogens with one attached hydrogen (secondary N) is 2. The Morgan fingerprint density at radius 1 is 1.50 bits per heavy atom. The van der Waals surface area contributed by atoms with E-state index in [1.165, 1.54) is 0 Å². The summed E-state index contributed by atoms with van der Waals surface area (Å²) in [5, 5.41) is 6.35. The van der Waals surface area contributed by atoms with E-state index < -0.39 is 0 Å². The van der Waals surface area contributed by atoms with Crippen LogP contribution in [0.5, 0.6) is 5.75 Å². The minimum Gasteiger partial charge on any atom is -0.494 e. The lowest BCUT2D eigenvalue weighted by molar-refractivity contribution is -0.124. The maximum atomic E-state index is 12.2. The van der Waals surface area contributed by atoms with Gasteiger partial charge in [0.25, 0.3) is 0 Å². The van der Waals surface area contributed by atoms with Crippen LogP contribution < -0.4 is 15.4 Å². The third-order valence-corrected chi connectivity index (χ3v) is 3.65. The summed E-state index contributed by atoms with van der Waals surface area (Å²) in [7, 11) is 0. The van der Waals surface area contributed by atoms with E-state index in [-0.39, 0.29) is 18.0 Å². The Morgan fingerprint density at radius 2 is 2.35 bits per heavy atom. The molecule has 1 aromatic rings. The lowest BCUT2D eigenvalue weighted by atomic mass is 10.0. The lowest BCUT2D eigenvalue weighted by Gasteiger charge is -2.24. The molecule has 2 atom stereocenters. The summed E-state index contributed by atoms with van der Waals surface area (Å²) in [4.78, 5) is 12.2. The minimum absolute atomic E-state index is 0.00775. The predicted octanol–water partition coefficient (Wildman–Crippen LogP) is 2.40. The summed E-state index contributed by atoms with van der Waals surface area (Å²) in [5.74, 6) is 0.945. The number of rotatable bonds is 5. The molecule has 0 spiro atoms. The highest BCUT2D eigenvalue weighted by Gasteiger charge is 2.22. The second-order valence-electron chi connectivity index (χ2n) is 5.24. The van der Waals surface area contributed by atoms with Crippen LogP contribution in [0.3, 0.4) is 0 Å². The minimum atomic E-state index is -0.0405. The third kappa shape index (κ3) is 3.97. The largest absolute Gasteiger partial charge is 0.494 e. The zero-order valence-electron chi connectivity index (χ0n) is 12.3. The van der Waals surface area contributed by atoms with E-state index >= 15 is 0 Å². The van der Waals surface area contributed by atoms with Gasteiger partial charge in [-0.15, -0.1) is 0 Å². The normalized spacial score (nSPS) is 20.2. The quantitative estimate of drug-likeness (QED) is 0.868. The van der Waals surface area contributed by atoms with Crippen molar-refractivity contribution in [3.8, 4) is 5.75 Å². The average Bonchev–Trinajstić information content (AvgIpc) is 2.48. The predicted molar refractivity (Wildman–Crippen MR) is 79.8 cm³/mol. The maximum Gasteiger partial charge on any atom is 0.237 e. The molecule has 1 fully saturated rings. The van der Waals surface area contributed by atoms with Gasteiger partial charge in [0.1, 0.15) is 5.75 Å². The highest BCUT2D eigenvalue weighted by molar-refractivity contribution is 5.82. The number of carbonyl (C=O) groups excluding carboxylic acids is 1. The zero-order chi connectivity index (χ0) is 14.4. The van der Waals surface area contributed by atoms with E-state index in [9.17, 15) is 4.79 Å². The monoisotopic (exact) mass is 276 g/mol. The van der Waals surface area contributed by atoms with Gasteiger partial charge in [-0.1, -0.05) is 18.6 Å². The molecule has 4 nitrogen and oxygen atoms in total. The summed E-state index contributed by atoms with van der Waals surface area (Å²) >= 11 is 0. The first-order valence-electron chi connectivity index (χ1n) is 7.47. The van der Waals surface area contributed by atoms with Crippen LogP contribution in [0.4, 0.5) is 0 Å². The molecule has 0 radical (unpaired) electrons. The van der Waals surface area contributed by atoms with E-state index in [1.54, 1.807) is 0 Å². The smallest absolute Gasteiger partial charge is 0.237 e. The second kappa shape index (κ2) is 7.29. The summed E-state index contributed by atoms with van der Waals surface area (Å²) in [6.07, 6.45) is 3.21. The van der Waals surface area contributed by atoms with Crippen LogP contribution in [-0.2, 0) is 4.79 Å². The fourth-order valence-corrected chi connectivity index (χ4v) is 2.51. The number of ether oxygens (including phenoxy) is 1. The van der Waals surface area contributed by atoms with Crippen molar-refractivity contribution in [2.45, 2.75) is 45.2 Å². The van der Waals surface area contributed by atoms with Gasteiger partial charge < -0.3 is 15.4 Å². The molecular weight excluding hydrogens is 252 g/mol. The van der Waals surface area contributed by atoms with Gasteiger partial charge in [0.05, 0.1) is 18.7 Å². The standard InChI is InChI=1S/C16H24N2O2/c1-3-20-14-8-6-7-13(11-14)12(2)18-16(19)15-9-4-5-10-17-15/h6-8,11-12,15,17H,3-5,9-10H2,1-2H3,(H,18,19). The van der Waals surface area contributed by atoms with Gasteiger partial charge >= 0.3 is 0 Å². The molecule has 4 heteroatoms. The summed E-state index contributed by atoms with van der Waals surface area (Å²) < 4.78 is 5.49. The van der Waals surface area contributed by atoms with E-state index in [1.807, 2.05) is 38.1 Å². The molecule has 1 aromatic carbocycles. The molecule has 1 amide bonds. The first kappa shape index (κ1) is 14.9. The van der Waals surface area contributed by atoms with E-state index in [0.29, 0.717) is 6.61 Å². The fourth-order valence-electron chi connectivity index (χ4n) is 2.51. The molecule has 0 bridgehead atoms. The van der Waals surface area contributed by atoms with Crippen molar-refractivity contribution in [1.82, 2.24) is 10.6 Å². The number of hydrogen-bond acceptors (Lipinski definition) is 3. The number of benzene rings is 1. The Balaban J connectivity index is 1.94. The molecule has 110 valence electrons. The van der Waals surface area contributed by atoms with Crippen molar-refractivity contribution in [2.24, 2.45) is 0 Å². The maximum absolute atomic E-state index is 12.2. The molecule has 0 saturated carbocycles. The molecule has 1 aliphatic heterocycles. The Kier molecular flexibility index (Phi) is 5.41. The molecular formula is C16H24N2O2. The zero-order valence-corrected chi connectivity index (χ0v) is 12.3. The van der Waals surface area contributed by atoms with Crippen molar-refractivity contribution in [1.29, 1.82) is 0 Å². The van der Waals surface area contributed by atoms with Gasteiger partial charge in [-0.2, -0.15) is 0 Å². The lowest BCUT2D eigenvalue weighted by Crippen LogP contribution is -2.47. The van der Waals surface area contributed by atoms with E-state index in [0.717, 1.165) is 37.1 Å². The van der Waals surface area contributed by atoms with Crippen LogP contribution in [0.2, 0.25) is 0 Å². The molecule has 0 aliphatic carbocycles. The molecule has 2 N–H and O–H groups in total. The van der Waals surface area contributed by atoms with Crippen molar-refractivity contribution in [3.05, 3.63) is 29.8 Å². The molecule has 2 unspecified atom stereocenters. The van der Waals surface area contributed by atoms with Crippen molar-refractivity contribution in [2.75, 3.05) is 13.2 Å². The molecule has 2 rings (SSSR count). The van der Waals surface area contributed by atoms with Crippen LogP contribution in [0.25, 0.3) is 0 Å². The first-order valence-corrected chi connectivity index (χ1v) is 7.47. The highest BCUT2D eigenvalue weighted by Crippen LogP contribution is 2.19. The summed E-state index contributed by atoms with van der Waals surface area (Å²) in [6.45, 7) is 5.56.